The van der Waals surface area contributed by atoms with E-state index in [1.54, 1.807) is 34.9 Å². The zero-order valence-electron chi connectivity index (χ0n) is 17.4. The number of benzene rings is 2. The van der Waals surface area contributed by atoms with Crippen molar-refractivity contribution < 1.29 is 0 Å². The van der Waals surface area contributed by atoms with E-state index in [2.05, 4.69) is 26.3 Å². The fourth-order valence-corrected chi connectivity index (χ4v) is 4.70. The lowest BCUT2D eigenvalue weighted by molar-refractivity contribution is 0.463. The van der Waals surface area contributed by atoms with E-state index in [4.69, 9.17) is 11.6 Å². The Labute approximate surface area is 188 Å². The minimum atomic E-state index is -0.215. The second kappa shape index (κ2) is 7.29. The van der Waals surface area contributed by atoms with E-state index >= 15 is 0 Å². The first-order valence-electron chi connectivity index (χ1n) is 10.4. The van der Waals surface area contributed by atoms with Crippen molar-refractivity contribution in [2.45, 2.75) is 5.50 Å². The lowest BCUT2D eigenvalue weighted by atomic mass is 10.0. The summed E-state index contributed by atoms with van der Waals surface area (Å²) < 4.78 is 3.40. The third-order valence-corrected chi connectivity index (χ3v) is 6.35. The van der Waals surface area contributed by atoms with Crippen molar-refractivity contribution >= 4 is 44.6 Å². The number of hydrogen-bond donors (Lipinski definition) is 1. The van der Waals surface area contributed by atoms with Gasteiger partial charge in [-0.05, 0) is 35.4 Å². The topological polar surface area (TPSA) is 80.9 Å². The highest BCUT2D eigenvalue weighted by atomic mass is 35.5. The number of imidazole rings is 1. The third kappa shape index (κ3) is 2.95. The van der Waals surface area contributed by atoms with Crippen molar-refractivity contribution in [1.29, 1.82) is 0 Å². The van der Waals surface area contributed by atoms with E-state index < -0.39 is 0 Å². The van der Waals surface area contributed by atoms with E-state index in [-0.39, 0.29) is 11.2 Å². The number of hydrogen-bond acceptors (Lipinski definition) is 6. The van der Waals surface area contributed by atoms with E-state index in [1.807, 2.05) is 35.3 Å². The zero-order chi connectivity index (χ0) is 21.8. The summed E-state index contributed by atoms with van der Waals surface area (Å²) >= 11 is 6.34. The molecule has 0 radical (unpaired) electrons. The van der Waals surface area contributed by atoms with Gasteiger partial charge < -0.3 is 5.01 Å². The molecule has 2 aromatic carbocycles. The van der Waals surface area contributed by atoms with Crippen LogP contribution in [-0.2, 0) is 7.05 Å². The minimum absolute atomic E-state index is 0.105. The lowest BCUT2D eigenvalue weighted by Crippen LogP contribution is -2.55. The van der Waals surface area contributed by atoms with Crippen molar-refractivity contribution in [3.63, 3.8) is 0 Å². The summed E-state index contributed by atoms with van der Waals surface area (Å²) in [5, 5.41) is 6.15. The third-order valence-electron chi connectivity index (χ3n) is 6.05. The Morgan fingerprint density at radius 3 is 2.56 bits per heavy atom. The van der Waals surface area contributed by atoms with Crippen LogP contribution in [0.15, 0.2) is 59.8 Å². The lowest BCUT2D eigenvalue weighted by Gasteiger charge is -2.32. The summed E-state index contributed by atoms with van der Waals surface area (Å²) in [4.78, 5) is 26.6. The number of fused-ring (bicyclic) bond motifs is 4. The number of nitrogens with zero attached hydrogens (tertiary/aromatic N) is 6. The normalized spacial score (nSPS) is 16.9. The Morgan fingerprint density at radius 1 is 1.00 bits per heavy atom. The molecule has 0 bridgehead atoms. The monoisotopic (exact) mass is 445 g/mol. The van der Waals surface area contributed by atoms with E-state index in [0.717, 1.165) is 44.1 Å². The van der Waals surface area contributed by atoms with Crippen LogP contribution in [0.1, 0.15) is 0 Å². The van der Waals surface area contributed by atoms with Gasteiger partial charge in [0.2, 0.25) is 0 Å². The second-order valence-corrected chi connectivity index (χ2v) is 8.50. The maximum Gasteiger partial charge on any atom is 0.347 e. The molecule has 1 saturated heterocycles. The molecule has 1 aliphatic rings. The van der Waals surface area contributed by atoms with Crippen LogP contribution in [0.4, 0.5) is 0 Å². The van der Waals surface area contributed by atoms with Crippen LogP contribution in [0.25, 0.3) is 44.1 Å². The highest BCUT2D eigenvalue weighted by Gasteiger charge is 2.24. The van der Waals surface area contributed by atoms with Gasteiger partial charge in [0.05, 0.1) is 34.8 Å². The average molecular weight is 446 g/mol. The molecule has 0 aliphatic carbocycles. The van der Waals surface area contributed by atoms with E-state index in [9.17, 15) is 4.79 Å². The predicted octanol–water partition coefficient (Wildman–Crippen LogP) is 2.60. The summed E-state index contributed by atoms with van der Waals surface area (Å²) in [6, 6.07) is 12.2. The molecule has 160 valence electrons. The van der Waals surface area contributed by atoms with Crippen molar-refractivity contribution in [3.8, 4) is 11.1 Å². The van der Waals surface area contributed by atoms with Crippen molar-refractivity contribution in [2.75, 3.05) is 24.6 Å². The van der Waals surface area contributed by atoms with Crippen LogP contribution in [0, 0.1) is 0 Å². The molecule has 9 heteroatoms. The van der Waals surface area contributed by atoms with Crippen LogP contribution >= 0.6 is 11.6 Å². The molecule has 8 nitrogen and oxygen atoms in total. The molecule has 0 spiro atoms. The molecule has 0 amide bonds. The van der Waals surface area contributed by atoms with Crippen LogP contribution in [0.2, 0.25) is 0 Å². The van der Waals surface area contributed by atoms with Crippen LogP contribution in [0.5, 0.6) is 0 Å². The molecular formula is C23H20ClN7O. The molecule has 32 heavy (non-hydrogen) atoms. The highest BCUT2D eigenvalue weighted by Crippen LogP contribution is 2.29. The number of alkyl halides is 1. The van der Waals surface area contributed by atoms with E-state index in [0.29, 0.717) is 19.6 Å². The number of aryl methyl sites for hydroxylation is 1. The summed E-state index contributed by atoms with van der Waals surface area (Å²) in [7, 11) is 1.78. The predicted molar refractivity (Wildman–Crippen MR) is 127 cm³/mol. The Hall–Kier alpha value is -3.49. The molecule has 1 N–H and O–H groups in total. The first-order valence-corrected chi connectivity index (χ1v) is 10.9. The quantitative estimate of drug-likeness (QED) is 0.332. The van der Waals surface area contributed by atoms with Crippen LogP contribution in [-0.4, -0.2) is 49.3 Å². The zero-order valence-corrected chi connectivity index (χ0v) is 18.1. The molecule has 1 fully saturated rings. The van der Waals surface area contributed by atoms with Gasteiger partial charge in [0.25, 0.3) is 0 Å². The van der Waals surface area contributed by atoms with Gasteiger partial charge in [-0.25, -0.2) is 9.47 Å². The number of rotatable bonds is 2. The Morgan fingerprint density at radius 2 is 1.75 bits per heavy atom. The summed E-state index contributed by atoms with van der Waals surface area (Å²) in [6.07, 6.45) is 5.15. The van der Waals surface area contributed by atoms with Gasteiger partial charge in [0.1, 0.15) is 11.0 Å². The van der Waals surface area contributed by atoms with Crippen LogP contribution in [0.3, 0.4) is 0 Å². The molecular weight excluding hydrogens is 426 g/mol. The number of nitrogens with one attached hydrogen (secondary N) is 1. The van der Waals surface area contributed by atoms with Gasteiger partial charge in [0, 0.05) is 37.9 Å². The minimum Gasteiger partial charge on any atom is -0.304 e. The molecule has 5 aromatic rings. The average Bonchev–Trinajstić information content (AvgIpc) is 3.09. The van der Waals surface area contributed by atoms with Gasteiger partial charge >= 0.3 is 5.69 Å². The highest BCUT2D eigenvalue weighted by molar-refractivity contribution is 6.20. The molecule has 1 unspecified atom stereocenters. The summed E-state index contributed by atoms with van der Waals surface area (Å²) in [6.45, 7) is 1.94. The van der Waals surface area contributed by atoms with Gasteiger partial charge in [-0.1, -0.05) is 12.1 Å². The first kappa shape index (κ1) is 19.2. The number of halogens is 1. The SMILES string of the molecule is Cn1c(=O)n(N2CCNC(Cl)C2)c2c3cc(-c4ccc5nccnc5c4)ccc3ncc21. The molecule has 6 rings (SSSR count). The van der Waals surface area contributed by atoms with Crippen molar-refractivity contribution in [3.05, 3.63) is 65.5 Å². The number of pyridine rings is 1. The van der Waals surface area contributed by atoms with E-state index in [1.165, 1.54) is 0 Å². The number of piperazine rings is 1. The van der Waals surface area contributed by atoms with Crippen LogP contribution < -0.4 is 16.0 Å². The molecule has 4 heterocycles. The Balaban J connectivity index is 1.60. The molecule has 3 aromatic heterocycles. The summed E-state index contributed by atoms with van der Waals surface area (Å²) in [5.74, 6) is 0. The summed E-state index contributed by atoms with van der Waals surface area (Å²) in [5.41, 5.74) is 5.89. The molecule has 0 saturated carbocycles. The van der Waals surface area contributed by atoms with Crippen molar-refractivity contribution in [1.82, 2.24) is 29.5 Å². The maximum atomic E-state index is 13.2. The largest absolute Gasteiger partial charge is 0.347 e. The molecule has 1 aliphatic heterocycles. The fourth-order valence-electron chi connectivity index (χ4n) is 4.43. The van der Waals surface area contributed by atoms with Gasteiger partial charge in [-0.3, -0.25) is 24.8 Å². The van der Waals surface area contributed by atoms with Gasteiger partial charge in [-0.2, -0.15) is 0 Å². The Bertz CT molecular complexity index is 1560. The fraction of sp³-hybridized carbons (Fsp3) is 0.217. The first-order chi connectivity index (χ1) is 15.6. The van der Waals surface area contributed by atoms with Gasteiger partial charge in [-0.15, -0.1) is 11.6 Å². The maximum absolute atomic E-state index is 13.2. The molecule has 1 atom stereocenters. The second-order valence-electron chi connectivity index (χ2n) is 7.97. The van der Waals surface area contributed by atoms with Gasteiger partial charge in [0.15, 0.2) is 0 Å². The Kier molecular flexibility index (Phi) is 4.38. The standard InChI is InChI=1S/C23H20ClN7O/c1-29-20-12-28-17-4-2-14(15-3-5-18-19(11-15)26-7-6-25-18)10-16(17)22(20)31(23(29)32)30-9-8-27-21(24)13-30/h2-7,10-12,21,27H,8-9,13H2,1H3. The number of aromatic nitrogens is 5. The smallest absolute Gasteiger partial charge is 0.304 e. The van der Waals surface area contributed by atoms with Crippen molar-refractivity contribution in [2.24, 2.45) is 7.05 Å².